The number of carbonyl (C=O) groups is 1. The van der Waals surface area contributed by atoms with Crippen LogP contribution in [0.3, 0.4) is 0 Å². The van der Waals surface area contributed by atoms with Crippen LogP contribution in [0.2, 0.25) is 0 Å². The quantitative estimate of drug-likeness (QED) is 0.923. The average molecular weight is 310 g/mol. The molecule has 0 unspecified atom stereocenters. The summed E-state index contributed by atoms with van der Waals surface area (Å²) in [6.07, 6.45) is 0.272. The van der Waals surface area contributed by atoms with Crippen LogP contribution < -0.4 is 0 Å². The van der Waals surface area contributed by atoms with Gasteiger partial charge in [0.1, 0.15) is 5.01 Å². The molecular weight excluding hydrogens is 292 g/mol. The SMILES string of the molecule is CN(CC(C)(C)O)C(=O)Cc1csc(-c2cccs2)n1. The van der Waals surface area contributed by atoms with E-state index in [1.54, 1.807) is 48.5 Å². The van der Waals surface area contributed by atoms with Crippen molar-refractivity contribution in [1.82, 2.24) is 9.88 Å². The summed E-state index contributed by atoms with van der Waals surface area (Å²) in [4.78, 5) is 19.2. The molecule has 0 atom stereocenters. The van der Waals surface area contributed by atoms with Gasteiger partial charge >= 0.3 is 0 Å². The molecule has 0 aliphatic carbocycles. The van der Waals surface area contributed by atoms with Crippen molar-refractivity contribution >= 4 is 28.6 Å². The number of thiophene rings is 1. The number of nitrogens with zero attached hydrogens (tertiary/aromatic N) is 2. The third-order valence-electron chi connectivity index (χ3n) is 2.67. The number of aliphatic hydroxyl groups is 1. The fraction of sp³-hybridized carbons (Fsp3) is 0.429. The van der Waals surface area contributed by atoms with Gasteiger partial charge in [0.05, 0.1) is 22.6 Å². The van der Waals surface area contributed by atoms with Crippen LogP contribution in [0.1, 0.15) is 19.5 Å². The van der Waals surface area contributed by atoms with Crippen molar-refractivity contribution in [2.24, 2.45) is 0 Å². The second kappa shape index (κ2) is 6.03. The predicted octanol–water partition coefficient (Wildman–Crippen LogP) is 2.64. The zero-order chi connectivity index (χ0) is 14.8. The van der Waals surface area contributed by atoms with Gasteiger partial charge in [-0.05, 0) is 25.3 Å². The highest BCUT2D eigenvalue weighted by Crippen LogP contribution is 2.27. The summed E-state index contributed by atoms with van der Waals surface area (Å²) in [5.41, 5.74) is -0.0970. The molecular formula is C14H18N2O2S2. The molecule has 0 bridgehead atoms. The highest BCUT2D eigenvalue weighted by molar-refractivity contribution is 7.20. The molecule has 0 spiro atoms. The van der Waals surface area contributed by atoms with Crippen molar-refractivity contribution in [3.05, 3.63) is 28.6 Å². The van der Waals surface area contributed by atoms with Crippen LogP contribution in [0.4, 0.5) is 0 Å². The second-order valence-electron chi connectivity index (χ2n) is 5.36. The van der Waals surface area contributed by atoms with Gasteiger partial charge in [-0.2, -0.15) is 0 Å². The molecule has 0 saturated carbocycles. The molecule has 0 fully saturated rings. The van der Waals surface area contributed by atoms with E-state index in [9.17, 15) is 9.90 Å². The first kappa shape index (κ1) is 15.2. The molecule has 1 amide bonds. The predicted molar refractivity (Wildman–Crippen MR) is 83.1 cm³/mol. The van der Waals surface area contributed by atoms with E-state index in [4.69, 9.17) is 0 Å². The lowest BCUT2D eigenvalue weighted by Gasteiger charge is -2.25. The van der Waals surface area contributed by atoms with Gasteiger partial charge in [0.15, 0.2) is 0 Å². The van der Waals surface area contributed by atoms with E-state index < -0.39 is 5.60 Å². The van der Waals surface area contributed by atoms with Gasteiger partial charge in [-0.15, -0.1) is 22.7 Å². The van der Waals surface area contributed by atoms with Crippen molar-refractivity contribution in [3.8, 4) is 9.88 Å². The van der Waals surface area contributed by atoms with Crippen molar-refractivity contribution < 1.29 is 9.90 Å². The number of aromatic nitrogens is 1. The summed E-state index contributed by atoms with van der Waals surface area (Å²) >= 11 is 3.20. The molecule has 0 radical (unpaired) electrons. The van der Waals surface area contributed by atoms with E-state index in [2.05, 4.69) is 4.98 Å². The number of rotatable bonds is 5. The Bertz CT molecular complexity index is 570. The molecule has 4 nitrogen and oxygen atoms in total. The molecule has 2 aromatic rings. The van der Waals surface area contributed by atoms with Crippen molar-refractivity contribution in [2.75, 3.05) is 13.6 Å². The van der Waals surface area contributed by atoms with E-state index in [0.717, 1.165) is 15.6 Å². The van der Waals surface area contributed by atoms with Crippen LogP contribution in [0, 0.1) is 0 Å². The Hall–Kier alpha value is -1.24. The Morgan fingerprint density at radius 1 is 1.45 bits per heavy atom. The lowest BCUT2D eigenvalue weighted by molar-refractivity contribution is -0.131. The van der Waals surface area contributed by atoms with E-state index in [-0.39, 0.29) is 12.3 Å². The molecule has 6 heteroatoms. The van der Waals surface area contributed by atoms with Gasteiger partial charge in [0.25, 0.3) is 0 Å². The Morgan fingerprint density at radius 3 is 2.80 bits per heavy atom. The Labute approximate surface area is 126 Å². The minimum absolute atomic E-state index is 0.0323. The fourth-order valence-corrected chi connectivity index (χ4v) is 3.49. The molecule has 0 aliphatic rings. The van der Waals surface area contributed by atoms with Gasteiger partial charge in [-0.1, -0.05) is 6.07 Å². The van der Waals surface area contributed by atoms with E-state index >= 15 is 0 Å². The minimum Gasteiger partial charge on any atom is -0.389 e. The Kier molecular flexibility index (Phi) is 4.57. The van der Waals surface area contributed by atoms with E-state index in [1.807, 2.05) is 22.9 Å². The van der Waals surface area contributed by atoms with Gasteiger partial charge in [0, 0.05) is 19.0 Å². The topological polar surface area (TPSA) is 53.4 Å². The minimum atomic E-state index is -0.880. The Balaban J connectivity index is 1.98. The third-order valence-corrected chi connectivity index (χ3v) is 4.60. The van der Waals surface area contributed by atoms with Crippen LogP contribution in [0.15, 0.2) is 22.9 Å². The van der Waals surface area contributed by atoms with Crippen molar-refractivity contribution in [2.45, 2.75) is 25.9 Å². The molecule has 1 N–H and O–H groups in total. The highest BCUT2D eigenvalue weighted by atomic mass is 32.1. The lowest BCUT2D eigenvalue weighted by Crippen LogP contribution is -2.40. The monoisotopic (exact) mass is 310 g/mol. The number of likely N-dealkylation sites (N-methyl/N-ethyl adjacent to an activating group) is 1. The Morgan fingerprint density at radius 2 is 2.20 bits per heavy atom. The summed E-state index contributed by atoms with van der Waals surface area (Å²) in [5, 5.41) is 14.6. The number of thiazole rings is 1. The maximum atomic E-state index is 12.1. The zero-order valence-electron chi connectivity index (χ0n) is 11.8. The van der Waals surface area contributed by atoms with Crippen LogP contribution in [-0.4, -0.2) is 40.1 Å². The summed E-state index contributed by atoms with van der Waals surface area (Å²) < 4.78 is 0. The number of hydrogen-bond acceptors (Lipinski definition) is 5. The van der Waals surface area contributed by atoms with Gasteiger partial charge in [-0.25, -0.2) is 4.98 Å². The molecule has 20 heavy (non-hydrogen) atoms. The molecule has 2 aromatic heterocycles. The molecule has 0 saturated heterocycles. The van der Waals surface area contributed by atoms with Gasteiger partial charge in [0.2, 0.25) is 5.91 Å². The zero-order valence-corrected chi connectivity index (χ0v) is 13.4. The first-order valence-electron chi connectivity index (χ1n) is 6.30. The van der Waals surface area contributed by atoms with Crippen molar-refractivity contribution in [3.63, 3.8) is 0 Å². The maximum absolute atomic E-state index is 12.1. The molecule has 2 heterocycles. The van der Waals surface area contributed by atoms with Gasteiger partial charge < -0.3 is 10.0 Å². The van der Waals surface area contributed by atoms with Crippen LogP contribution in [0.25, 0.3) is 9.88 Å². The van der Waals surface area contributed by atoms with Crippen molar-refractivity contribution in [1.29, 1.82) is 0 Å². The summed E-state index contributed by atoms with van der Waals surface area (Å²) in [6, 6.07) is 4.01. The average Bonchev–Trinajstić information content (AvgIpc) is 2.95. The molecule has 0 aliphatic heterocycles. The van der Waals surface area contributed by atoms with Crippen LogP contribution in [-0.2, 0) is 11.2 Å². The number of hydrogen-bond donors (Lipinski definition) is 1. The summed E-state index contributed by atoms with van der Waals surface area (Å²) in [7, 11) is 1.70. The first-order chi connectivity index (χ1) is 9.35. The number of amides is 1. The second-order valence-corrected chi connectivity index (χ2v) is 7.17. The lowest BCUT2D eigenvalue weighted by atomic mass is 10.1. The van der Waals surface area contributed by atoms with Crippen LogP contribution in [0.5, 0.6) is 0 Å². The largest absolute Gasteiger partial charge is 0.389 e. The summed E-state index contributed by atoms with van der Waals surface area (Å²) in [5.74, 6) is -0.0323. The molecule has 2 rings (SSSR count). The molecule has 0 aromatic carbocycles. The van der Waals surface area contributed by atoms with Crippen LogP contribution >= 0.6 is 22.7 Å². The van der Waals surface area contributed by atoms with E-state index in [0.29, 0.717) is 6.54 Å². The standard InChI is InChI=1S/C14H18N2O2S2/c1-14(2,18)9-16(3)12(17)7-10-8-20-13(15-10)11-5-4-6-19-11/h4-6,8,18H,7,9H2,1-3H3. The fourth-order valence-electron chi connectivity index (χ4n) is 1.86. The smallest absolute Gasteiger partial charge is 0.228 e. The normalized spacial score (nSPS) is 11.6. The molecule has 108 valence electrons. The number of carbonyl (C=O) groups excluding carboxylic acids is 1. The maximum Gasteiger partial charge on any atom is 0.228 e. The highest BCUT2D eigenvalue weighted by Gasteiger charge is 2.20. The summed E-state index contributed by atoms with van der Waals surface area (Å²) in [6.45, 7) is 3.69. The van der Waals surface area contributed by atoms with E-state index in [1.165, 1.54) is 0 Å². The third kappa shape index (κ3) is 4.13. The van der Waals surface area contributed by atoms with Gasteiger partial charge in [-0.3, -0.25) is 4.79 Å². The first-order valence-corrected chi connectivity index (χ1v) is 8.06.